The van der Waals surface area contributed by atoms with E-state index in [1.807, 2.05) is 0 Å². The third-order valence-electron chi connectivity index (χ3n) is 3.76. The van der Waals surface area contributed by atoms with Crippen LogP contribution in [0.1, 0.15) is 6.92 Å². The van der Waals surface area contributed by atoms with Crippen molar-refractivity contribution in [3.05, 3.63) is 54.6 Å². The average molecular weight is 457 g/mol. The summed E-state index contributed by atoms with van der Waals surface area (Å²) < 4.78 is 81.7. The number of carbonyl (C=O) groups is 1. The van der Waals surface area contributed by atoms with Crippen LogP contribution in [0, 0.1) is 0 Å². The van der Waals surface area contributed by atoms with Gasteiger partial charge in [-0.15, -0.1) is 26.3 Å². The number of nitrogens with zero attached hydrogens (tertiary/aromatic N) is 2. The molecule has 0 aliphatic carbocycles. The molecule has 0 spiro atoms. The summed E-state index contributed by atoms with van der Waals surface area (Å²) in [4.78, 5) is 19.9. The zero-order valence-corrected chi connectivity index (χ0v) is 16.1. The monoisotopic (exact) mass is 457 g/mol. The number of hydrogen-bond donors (Lipinski definition) is 1. The highest BCUT2D eigenvalue weighted by Gasteiger charge is 2.31. The number of halogens is 6. The highest BCUT2D eigenvalue weighted by molar-refractivity contribution is 5.88. The van der Waals surface area contributed by atoms with Gasteiger partial charge in [0.05, 0.1) is 5.69 Å². The molecule has 32 heavy (non-hydrogen) atoms. The molecule has 2 aromatic carbocycles. The van der Waals surface area contributed by atoms with Gasteiger partial charge in [0.1, 0.15) is 17.3 Å². The molecule has 1 N–H and O–H groups in total. The van der Waals surface area contributed by atoms with E-state index in [1.165, 1.54) is 37.3 Å². The second kappa shape index (κ2) is 8.73. The first-order chi connectivity index (χ1) is 14.9. The van der Waals surface area contributed by atoms with Gasteiger partial charge in [-0.3, -0.25) is 4.79 Å². The fourth-order valence-electron chi connectivity index (χ4n) is 2.60. The number of alkyl halides is 6. The molecule has 0 saturated carbocycles. The molecule has 0 unspecified atom stereocenters. The van der Waals surface area contributed by atoms with Crippen molar-refractivity contribution in [3.63, 3.8) is 0 Å². The molecule has 0 fully saturated rings. The molecule has 0 saturated heterocycles. The molecule has 0 aliphatic rings. The summed E-state index contributed by atoms with van der Waals surface area (Å²) >= 11 is 0. The molecule has 168 valence electrons. The van der Waals surface area contributed by atoms with Crippen LogP contribution in [0.25, 0.3) is 22.6 Å². The first-order valence-electron chi connectivity index (χ1n) is 8.77. The summed E-state index contributed by atoms with van der Waals surface area (Å²) in [7, 11) is 0. The van der Waals surface area contributed by atoms with E-state index in [4.69, 9.17) is 0 Å². The van der Waals surface area contributed by atoms with Crippen molar-refractivity contribution in [1.82, 2.24) is 9.97 Å². The standard InChI is InChI=1S/C20H13F6N3O3/c1-11(30)27-17-10-16(12-2-6-14(7-3-12)31-19(21,22)23)28-18(29-17)13-4-8-15(9-5-13)32-20(24,25)26/h2-10H,1H3,(H,27,28,29,30). The Labute approximate surface area is 176 Å². The second-order valence-electron chi connectivity index (χ2n) is 6.29. The van der Waals surface area contributed by atoms with Gasteiger partial charge in [-0.1, -0.05) is 0 Å². The largest absolute Gasteiger partial charge is 0.573 e. The summed E-state index contributed by atoms with van der Waals surface area (Å²) in [5.74, 6) is -1.18. The van der Waals surface area contributed by atoms with E-state index < -0.39 is 30.1 Å². The number of anilines is 1. The topological polar surface area (TPSA) is 73.3 Å². The van der Waals surface area contributed by atoms with Crippen LogP contribution in [0.4, 0.5) is 32.2 Å². The van der Waals surface area contributed by atoms with Gasteiger partial charge in [0.25, 0.3) is 0 Å². The second-order valence-corrected chi connectivity index (χ2v) is 6.29. The van der Waals surface area contributed by atoms with Gasteiger partial charge in [0, 0.05) is 24.1 Å². The summed E-state index contributed by atoms with van der Waals surface area (Å²) in [5, 5.41) is 2.47. The van der Waals surface area contributed by atoms with Gasteiger partial charge in [0.15, 0.2) is 5.82 Å². The zero-order valence-electron chi connectivity index (χ0n) is 16.1. The number of rotatable bonds is 5. The maximum atomic E-state index is 12.3. The predicted molar refractivity (Wildman–Crippen MR) is 101 cm³/mol. The molecule has 6 nitrogen and oxygen atoms in total. The van der Waals surface area contributed by atoms with Gasteiger partial charge >= 0.3 is 12.7 Å². The lowest BCUT2D eigenvalue weighted by molar-refractivity contribution is -0.275. The lowest BCUT2D eigenvalue weighted by atomic mass is 10.1. The Hall–Kier alpha value is -3.83. The van der Waals surface area contributed by atoms with E-state index in [0.717, 1.165) is 24.3 Å². The van der Waals surface area contributed by atoms with Gasteiger partial charge in [-0.05, 0) is 48.5 Å². The fraction of sp³-hybridized carbons (Fsp3) is 0.150. The number of carbonyl (C=O) groups excluding carboxylic acids is 1. The van der Waals surface area contributed by atoms with E-state index in [0.29, 0.717) is 11.1 Å². The first kappa shape index (κ1) is 22.8. The van der Waals surface area contributed by atoms with E-state index in [1.54, 1.807) is 0 Å². The fourth-order valence-corrected chi connectivity index (χ4v) is 2.60. The molecule has 0 radical (unpaired) electrons. The summed E-state index contributed by atoms with van der Waals surface area (Å²) in [6.45, 7) is 1.24. The Kier molecular flexibility index (Phi) is 6.23. The summed E-state index contributed by atoms with van der Waals surface area (Å²) in [5.41, 5.74) is 0.935. The van der Waals surface area contributed by atoms with Gasteiger partial charge < -0.3 is 14.8 Å². The van der Waals surface area contributed by atoms with Crippen LogP contribution in [0.5, 0.6) is 11.5 Å². The van der Waals surface area contributed by atoms with Crippen molar-refractivity contribution in [1.29, 1.82) is 0 Å². The Morgan fingerprint density at radius 3 is 1.69 bits per heavy atom. The molecule has 1 amide bonds. The number of benzene rings is 2. The van der Waals surface area contributed by atoms with Crippen molar-refractivity contribution in [2.24, 2.45) is 0 Å². The predicted octanol–water partition coefficient (Wildman–Crippen LogP) is 5.57. The Balaban J connectivity index is 1.96. The third-order valence-corrected chi connectivity index (χ3v) is 3.76. The minimum Gasteiger partial charge on any atom is -0.406 e. The third kappa shape index (κ3) is 6.59. The van der Waals surface area contributed by atoms with Crippen molar-refractivity contribution >= 4 is 11.7 Å². The minimum absolute atomic E-state index is 0.0560. The van der Waals surface area contributed by atoms with Crippen LogP contribution in [-0.2, 0) is 4.79 Å². The molecular formula is C20H13F6N3O3. The first-order valence-corrected chi connectivity index (χ1v) is 8.77. The van der Waals surface area contributed by atoms with Crippen LogP contribution in [-0.4, -0.2) is 28.6 Å². The average Bonchev–Trinajstić information content (AvgIpc) is 2.66. The highest BCUT2D eigenvalue weighted by atomic mass is 19.4. The van der Waals surface area contributed by atoms with Crippen molar-refractivity contribution < 1.29 is 40.6 Å². The van der Waals surface area contributed by atoms with Crippen LogP contribution in [0.2, 0.25) is 0 Å². The van der Waals surface area contributed by atoms with Gasteiger partial charge in [-0.25, -0.2) is 9.97 Å². The molecule has 3 aromatic rings. The number of hydrogen-bond acceptors (Lipinski definition) is 5. The highest BCUT2D eigenvalue weighted by Crippen LogP contribution is 2.30. The van der Waals surface area contributed by atoms with Crippen molar-refractivity contribution in [2.45, 2.75) is 19.6 Å². The van der Waals surface area contributed by atoms with Crippen molar-refractivity contribution in [2.75, 3.05) is 5.32 Å². The molecule has 0 aliphatic heterocycles. The van der Waals surface area contributed by atoms with Gasteiger partial charge in [0.2, 0.25) is 5.91 Å². The van der Waals surface area contributed by atoms with Crippen molar-refractivity contribution in [3.8, 4) is 34.1 Å². The van der Waals surface area contributed by atoms with Gasteiger partial charge in [-0.2, -0.15) is 0 Å². The van der Waals surface area contributed by atoms with E-state index in [9.17, 15) is 31.1 Å². The Morgan fingerprint density at radius 2 is 1.25 bits per heavy atom. The smallest absolute Gasteiger partial charge is 0.406 e. The Bertz CT molecular complexity index is 1020. The zero-order chi connectivity index (χ0) is 23.5. The number of aromatic nitrogens is 2. The number of amides is 1. The quantitative estimate of drug-likeness (QED) is 0.508. The molecule has 3 rings (SSSR count). The van der Waals surface area contributed by atoms with E-state index in [-0.39, 0.29) is 17.3 Å². The van der Waals surface area contributed by atoms with Crippen LogP contribution >= 0.6 is 0 Å². The minimum atomic E-state index is -4.85. The maximum Gasteiger partial charge on any atom is 0.573 e. The molecule has 0 bridgehead atoms. The molecule has 1 heterocycles. The normalized spacial score (nSPS) is 11.7. The summed E-state index contributed by atoms with van der Waals surface area (Å²) in [6.07, 6.45) is -9.69. The number of ether oxygens (including phenoxy) is 2. The molecule has 0 atom stereocenters. The molecular weight excluding hydrogens is 444 g/mol. The number of nitrogens with one attached hydrogen (secondary N) is 1. The van der Waals surface area contributed by atoms with E-state index >= 15 is 0 Å². The van der Waals surface area contributed by atoms with Crippen LogP contribution in [0.3, 0.4) is 0 Å². The SMILES string of the molecule is CC(=O)Nc1cc(-c2ccc(OC(F)(F)F)cc2)nc(-c2ccc(OC(F)(F)F)cc2)n1. The molecule has 12 heteroatoms. The lowest BCUT2D eigenvalue weighted by Crippen LogP contribution is -2.17. The lowest BCUT2D eigenvalue weighted by Gasteiger charge is -2.12. The van der Waals surface area contributed by atoms with E-state index in [2.05, 4.69) is 24.8 Å². The van der Waals surface area contributed by atoms with Crippen LogP contribution in [0.15, 0.2) is 54.6 Å². The maximum absolute atomic E-state index is 12.3. The summed E-state index contributed by atoms with van der Waals surface area (Å²) in [6, 6.07) is 10.9. The Morgan fingerprint density at radius 1 is 0.781 bits per heavy atom. The molecule has 1 aromatic heterocycles. The van der Waals surface area contributed by atoms with Crippen LogP contribution < -0.4 is 14.8 Å².